The third-order valence-corrected chi connectivity index (χ3v) is 6.83. The number of thioether (sulfide) groups is 1. The van der Waals surface area contributed by atoms with E-state index in [1.165, 1.54) is 16.6 Å². The number of benzene rings is 2. The first-order valence-corrected chi connectivity index (χ1v) is 10.6. The van der Waals surface area contributed by atoms with Crippen LogP contribution in [-0.2, 0) is 0 Å². The average Bonchev–Trinajstić information content (AvgIpc) is 3.13. The van der Waals surface area contributed by atoms with Crippen molar-refractivity contribution in [1.82, 2.24) is 9.88 Å². The summed E-state index contributed by atoms with van der Waals surface area (Å²) in [5.41, 5.74) is 2.54. The van der Waals surface area contributed by atoms with Crippen molar-refractivity contribution in [2.24, 2.45) is 0 Å². The van der Waals surface area contributed by atoms with Gasteiger partial charge in [-0.2, -0.15) is 0 Å². The second-order valence-corrected chi connectivity index (χ2v) is 8.36. The van der Waals surface area contributed by atoms with Gasteiger partial charge in [-0.05, 0) is 30.3 Å². The molecule has 3 aromatic rings. The van der Waals surface area contributed by atoms with Crippen LogP contribution in [0.1, 0.15) is 0 Å². The number of nitrogens with one attached hydrogen (secondary N) is 1. The Morgan fingerprint density at radius 3 is 2.42 bits per heavy atom. The Labute approximate surface area is 168 Å². The van der Waals surface area contributed by atoms with Gasteiger partial charge in [-0.3, -0.25) is 4.90 Å². The summed E-state index contributed by atoms with van der Waals surface area (Å²) in [5.74, 6) is 0.997. The number of aromatic amines is 1. The van der Waals surface area contributed by atoms with Crippen molar-refractivity contribution in [3.8, 4) is 0 Å². The van der Waals surface area contributed by atoms with Crippen molar-refractivity contribution >= 4 is 51.6 Å². The van der Waals surface area contributed by atoms with Gasteiger partial charge in [-0.1, -0.05) is 35.3 Å². The molecule has 4 rings (SSSR count). The predicted molar refractivity (Wildman–Crippen MR) is 114 cm³/mol. The molecule has 1 N–H and O–H groups in total. The molecule has 0 saturated carbocycles. The van der Waals surface area contributed by atoms with Crippen LogP contribution >= 0.6 is 35.0 Å². The van der Waals surface area contributed by atoms with Gasteiger partial charge in [-0.15, -0.1) is 11.8 Å². The zero-order valence-corrected chi connectivity index (χ0v) is 16.7. The summed E-state index contributed by atoms with van der Waals surface area (Å²) in [7, 11) is 0. The first-order chi connectivity index (χ1) is 12.7. The summed E-state index contributed by atoms with van der Waals surface area (Å²) in [6, 6.07) is 14.3. The molecule has 3 nitrogen and oxygen atoms in total. The molecule has 0 unspecified atom stereocenters. The number of nitrogens with zero attached hydrogens (tertiary/aromatic N) is 2. The maximum absolute atomic E-state index is 6.25. The molecule has 0 radical (unpaired) electrons. The second-order valence-electron chi connectivity index (χ2n) is 6.44. The third-order valence-electron chi connectivity index (χ3n) is 4.86. The lowest BCUT2D eigenvalue weighted by Gasteiger charge is -2.36. The fraction of sp³-hybridized carbons (Fsp3) is 0.300. The molecule has 1 aliphatic rings. The molecule has 2 aromatic carbocycles. The van der Waals surface area contributed by atoms with Crippen LogP contribution in [0.15, 0.2) is 53.6 Å². The molecule has 1 fully saturated rings. The minimum Gasteiger partial charge on any atom is -0.368 e. The number of hydrogen-bond acceptors (Lipinski definition) is 3. The quantitative estimate of drug-likeness (QED) is 0.575. The van der Waals surface area contributed by atoms with E-state index in [-0.39, 0.29) is 0 Å². The van der Waals surface area contributed by atoms with Gasteiger partial charge in [0.15, 0.2) is 0 Å². The number of hydrogen-bond donors (Lipinski definition) is 1. The van der Waals surface area contributed by atoms with Crippen LogP contribution in [0.4, 0.5) is 5.69 Å². The first kappa shape index (κ1) is 18.1. The molecule has 0 atom stereocenters. The molecular formula is C20H21Cl2N3S. The minimum atomic E-state index is 0.743. The highest BCUT2D eigenvalue weighted by Crippen LogP contribution is 2.34. The number of halogens is 2. The highest BCUT2D eigenvalue weighted by atomic mass is 35.5. The third kappa shape index (κ3) is 3.84. The zero-order chi connectivity index (χ0) is 17.9. The van der Waals surface area contributed by atoms with E-state index < -0.39 is 0 Å². The molecule has 0 aliphatic carbocycles. The lowest BCUT2D eigenvalue weighted by atomic mass is 10.2. The van der Waals surface area contributed by atoms with Crippen LogP contribution in [-0.4, -0.2) is 48.4 Å². The smallest absolute Gasteiger partial charge is 0.0556 e. The maximum atomic E-state index is 6.25. The molecular weight excluding hydrogens is 385 g/mol. The standard InChI is InChI=1S/C20H21Cl2N3S/c21-16-3-1-4-17(22)20(16)26-14-13-24-9-11-25(12-10-24)19-6-2-5-18-15(19)7-8-23-18/h1-8,23H,9-14H2. The highest BCUT2D eigenvalue weighted by Gasteiger charge is 2.19. The molecule has 2 heterocycles. The number of fused-ring (bicyclic) bond motifs is 1. The van der Waals surface area contributed by atoms with Gasteiger partial charge in [0.1, 0.15) is 0 Å². The molecule has 1 saturated heterocycles. The monoisotopic (exact) mass is 405 g/mol. The fourth-order valence-electron chi connectivity index (χ4n) is 3.45. The van der Waals surface area contributed by atoms with Crippen molar-refractivity contribution in [1.29, 1.82) is 0 Å². The van der Waals surface area contributed by atoms with E-state index in [0.717, 1.165) is 53.4 Å². The number of rotatable bonds is 5. The zero-order valence-electron chi connectivity index (χ0n) is 14.4. The van der Waals surface area contributed by atoms with Gasteiger partial charge in [0.2, 0.25) is 0 Å². The Morgan fingerprint density at radius 2 is 1.65 bits per heavy atom. The van der Waals surface area contributed by atoms with Gasteiger partial charge in [0.25, 0.3) is 0 Å². The van der Waals surface area contributed by atoms with Gasteiger partial charge >= 0.3 is 0 Å². The van der Waals surface area contributed by atoms with E-state index in [2.05, 4.69) is 39.0 Å². The summed E-state index contributed by atoms with van der Waals surface area (Å²) >= 11 is 14.2. The fourth-order valence-corrected chi connectivity index (χ4v) is 5.14. The number of H-pyrrole nitrogens is 1. The summed E-state index contributed by atoms with van der Waals surface area (Å²) in [6.07, 6.45) is 2.02. The Hall–Kier alpha value is -1.33. The minimum absolute atomic E-state index is 0.743. The van der Waals surface area contributed by atoms with Gasteiger partial charge in [0, 0.05) is 66.2 Å². The highest BCUT2D eigenvalue weighted by molar-refractivity contribution is 7.99. The van der Waals surface area contributed by atoms with Crippen molar-refractivity contribution in [3.63, 3.8) is 0 Å². The first-order valence-electron chi connectivity index (χ1n) is 8.82. The summed E-state index contributed by atoms with van der Waals surface area (Å²) in [6.45, 7) is 5.33. The Kier molecular flexibility index (Phi) is 5.65. The normalized spacial score (nSPS) is 15.7. The Morgan fingerprint density at radius 1 is 0.923 bits per heavy atom. The van der Waals surface area contributed by atoms with Crippen LogP contribution in [0.2, 0.25) is 10.0 Å². The predicted octanol–water partition coefficient (Wildman–Crippen LogP) is 5.39. The molecule has 0 bridgehead atoms. The average molecular weight is 406 g/mol. The molecule has 6 heteroatoms. The van der Waals surface area contributed by atoms with Crippen LogP contribution in [0.25, 0.3) is 10.9 Å². The Balaban J connectivity index is 1.31. The molecule has 0 amide bonds. The van der Waals surface area contributed by atoms with Crippen molar-refractivity contribution in [2.75, 3.05) is 43.4 Å². The molecule has 26 heavy (non-hydrogen) atoms. The number of anilines is 1. The van der Waals surface area contributed by atoms with Crippen LogP contribution in [0.5, 0.6) is 0 Å². The number of aromatic nitrogens is 1. The molecule has 1 aromatic heterocycles. The number of piperazine rings is 1. The summed E-state index contributed by atoms with van der Waals surface area (Å²) < 4.78 is 0. The van der Waals surface area contributed by atoms with Crippen LogP contribution in [0.3, 0.4) is 0 Å². The van der Waals surface area contributed by atoms with E-state index in [0.29, 0.717) is 0 Å². The van der Waals surface area contributed by atoms with E-state index in [1.54, 1.807) is 11.8 Å². The Bertz CT molecular complexity index is 867. The topological polar surface area (TPSA) is 22.3 Å². The van der Waals surface area contributed by atoms with Gasteiger partial charge in [0.05, 0.1) is 10.0 Å². The summed E-state index contributed by atoms with van der Waals surface area (Å²) in [4.78, 5) is 9.30. The van der Waals surface area contributed by atoms with Crippen molar-refractivity contribution in [3.05, 3.63) is 58.7 Å². The van der Waals surface area contributed by atoms with Crippen molar-refractivity contribution < 1.29 is 0 Å². The molecule has 136 valence electrons. The van der Waals surface area contributed by atoms with E-state index in [1.807, 2.05) is 24.4 Å². The van der Waals surface area contributed by atoms with Gasteiger partial charge in [-0.25, -0.2) is 0 Å². The van der Waals surface area contributed by atoms with E-state index in [9.17, 15) is 0 Å². The van der Waals surface area contributed by atoms with Crippen LogP contribution < -0.4 is 4.90 Å². The lowest BCUT2D eigenvalue weighted by Crippen LogP contribution is -2.47. The molecule has 1 aliphatic heterocycles. The second kappa shape index (κ2) is 8.13. The lowest BCUT2D eigenvalue weighted by molar-refractivity contribution is 0.273. The van der Waals surface area contributed by atoms with E-state index in [4.69, 9.17) is 23.2 Å². The molecule has 0 spiro atoms. The van der Waals surface area contributed by atoms with Crippen LogP contribution in [0, 0.1) is 0 Å². The maximum Gasteiger partial charge on any atom is 0.0556 e. The van der Waals surface area contributed by atoms with Gasteiger partial charge < -0.3 is 9.88 Å². The SMILES string of the molecule is Clc1cccc(Cl)c1SCCN1CCN(c2cccc3[nH]ccc23)CC1. The largest absolute Gasteiger partial charge is 0.368 e. The van der Waals surface area contributed by atoms with Crippen molar-refractivity contribution in [2.45, 2.75) is 4.90 Å². The van der Waals surface area contributed by atoms with E-state index >= 15 is 0 Å². The summed E-state index contributed by atoms with van der Waals surface area (Å²) in [5, 5.41) is 2.80.